The molecule has 1 aromatic rings. The van der Waals surface area contributed by atoms with Crippen LogP contribution in [0.1, 0.15) is 18.9 Å². The second-order valence-electron chi connectivity index (χ2n) is 4.88. The average Bonchev–Trinajstić information content (AvgIpc) is 2.69. The minimum absolute atomic E-state index is 0.0486. The van der Waals surface area contributed by atoms with Crippen molar-refractivity contribution in [2.75, 3.05) is 14.2 Å². The molecule has 1 aromatic carbocycles. The van der Waals surface area contributed by atoms with Crippen LogP contribution in [0.4, 0.5) is 4.39 Å². The number of esters is 1. The number of halogens is 1. The third-order valence-electron chi connectivity index (χ3n) is 3.32. The zero-order valence-corrected chi connectivity index (χ0v) is 11.4. The molecule has 2 unspecified atom stereocenters. The molecule has 0 aliphatic carbocycles. The Morgan fingerprint density at radius 3 is 2.79 bits per heavy atom. The third kappa shape index (κ3) is 3.04. The number of benzene rings is 1. The highest BCUT2D eigenvalue weighted by atomic mass is 19.1. The molecule has 1 heterocycles. The normalized spacial score (nSPS) is 22.7. The number of likely N-dealkylation sites (N-methyl/N-ethyl adjacent to an activating group) is 1. The number of rotatable bonds is 4. The first kappa shape index (κ1) is 13.8. The topological polar surface area (TPSA) is 38.8 Å². The molecule has 1 aliphatic rings. The molecule has 0 radical (unpaired) electrons. The van der Waals surface area contributed by atoms with E-state index in [0.29, 0.717) is 13.0 Å². The summed E-state index contributed by atoms with van der Waals surface area (Å²) in [6.07, 6.45) is 0.626. The summed E-state index contributed by atoms with van der Waals surface area (Å²) in [4.78, 5) is 13.5. The maximum Gasteiger partial charge on any atom is 0.323 e. The predicted octanol–water partition coefficient (Wildman–Crippen LogP) is 1.97. The Labute approximate surface area is 112 Å². The summed E-state index contributed by atoms with van der Waals surface area (Å²) in [5.41, 5.74) is 0.799. The summed E-state index contributed by atoms with van der Waals surface area (Å²) in [5, 5.41) is 0. The maximum atomic E-state index is 13.6. The second-order valence-corrected chi connectivity index (χ2v) is 4.88. The first-order valence-corrected chi connectivity index (χ1v) is 6.24. The van der Waals surface area contributed by atoms with Crippen LogP contribution in [-0.2, 0) is 16.1 Å². The molecule has 1 fully saturated rings. The minimum atomic E-state index is -0.393. The van der Waals surface area contributed by atoms with E-state index in [0.717, 1.165) is 5.56 Å². The molecule has 0 saturated carbocycles. The fourth-order valence-electron chi connectivity index (χ4n) is 2.30. The monoisotopic (exact) mass is 267 g/mol. The lowest BCUT2D eigenvalue weighted by atomic mass is 10.1. The van der Waals surface area contributed by atoms with Crippen LogP contribution in [0.3, 0.4) is 0 Å². The van der Waals surface area contributed by atoms with E-state index in [4.69, 9.17) is 9.47 Å². The first-order chi connectivity index (χ1) is 9.01. The van der Waals surface area contributed by atoms with Gasteiger partial charge in [0.1, 0.15) is 12.1 Å². The molecule has 104 valence electrons. The van der Waals surface area contributed by atoms with E-state index >= 15 is 0 Å². The van der Waals surface area contributed by atoms with Gasteiger partial charge >= 0.3 is 5.97 Å². The highest BCUT2D eigenvalue weighted by Gasteiger charge is 2.34. The van der Waals surface area contributed by atoms with E-state index in [1.165, 1.54) is 13.2 Å². The lowest BCUT2D eigenvalue weighted by molar-refractivity contribution is -0.144. The molecular formula is C14H18FNO3. The fraction of sp³-hybridized carbons (Fsp3) is 0.500. The quantitative estimate of drug-likeness (QED) is 0.782. The zero-order chi connectivity index (χ0) is 14.0. The Hall–Kier alpha value is -1.62. The molecule has 4 nitrogen and oxygen atoms in total. The van der Waals surface area contributed by atoms with Gasteiger partial charge in [-0.05, 0) is 31.7 Å². The molecule has 0 amide bonds. The van der Waals surface area contributed by atoms with E-state index in [2.05, 4.69) is 0 Å². The van der Waals surface area contributed by atoms with Gasteiger partial charge in [-0.1, -0.05) is 6.07 Å². The van der Waals surface area contributed by atoms with Gasteiger partial charge in [-0.3, -0.25) is 9.69 Å². The van der Waals surface area contributed by atoms with Gasteiger partial charge in [0.2, 0.25) is 0 Å². The standard InChI is InChI=1S/C14H18FNO3/c1-9-6-12(14(17)19-9)16(2)8-10-4-5-13(18-3)11(15)7-10/h4-5,7,9,12H,6,8H2,1-3H3. The van der Waals surface area contributed by atoms with Crippen LogP contribution >= 0.6 is 0 Å². The van der Waals surface area contributed by atoms with Crippen LogP contribution < -0.4 is 4.74 Å². The van der Waals surface area contributed by atoms with Crippen LogP contribution in [0.2, 0.25) is 0 Å². The van der Waals surface area contributed by atoms with E-state index < -0.39 is 5.82 Å². The van der Waals surface area contributed by atoms with Crippen molar-refractivity contribution in [1.82, 2.24) is 4.90 Å². The Morgan fingerprint density at radius 1 is 1.53 bits per heavy atom. The van der Waals surface area contributed by atoms with Gasteiger partial charge in [-0.2, -0.15) is 0 Å². The Kier molecular flexibility index (Phi) is 4.04. The Bertz CT molecular complexity index is 478. The van der Waals surface area contributed by atoms with Gasteiger partial charge in [0, 0.05) is 13.0 Å². The number of cyclic esters (lactones) is 1. The second kappa shape index (κ2) is 5.57. The molecule has 1 aliphatic heterocycles. The summed E-state index contributed by atoms with van der Waals surface area (Å²) in [6, 6.07) is 4.56. The van der Waals surface area contributed by atoms with Gasteiger partial charge in [0.05, 0.1) is 7.11 Å². The van der Waals surface area contributed by atoms with E-state index in [1.807, 2.05) is 18.9 Å². The van der Waals surface area contributed by atoms with Crippen molar-refractivity contribution in [2.45, 2.75) is 32.0 Å². The van der Waals surface area contributed by atoms with Crippen molar-refractivity contribution in [3.05, 3.63) is 29.6 Å². The molecule has 0 aromatic heterocycles. The van der Waals surface area contributed by atoms with Crippen LogP contribution in [0.5, 0.6) is 5.75 Å². The molecule has 19 heavy (non-hydrogen) atoms. The molecular weight excluding hydrogens is 249 g/mol. The smallest absolute Gasteiger partial charge is 0.323 e. The molecule has 0 spiro atoms. The van der Waals surface area contributed by atoms with Gasteiger partial charge in [0.15, 0.2) is 11.6 Å². The fourth-order valence-corrected chi connectivity index (χ4v) is 2.30. The summed E-state index contributed by atoms with van der Waals surface area (Å²) < 4.78 is 23.6. The molecule has 0 bridgehead atoms. The summed E-state index contributed by atoms with van der Waals surface area (Å²) >= 11 is 0. The highest BCUT2D eigenvalue weighted by Crippen LogP contribution is 2.22. The molecule has 1 saturated heterocycles. The molecule has 2 rings (SSSR count). The number of hydrogen-bond acceptors (Lipinski definition) is 4. The van der Waals surface area contributed by atoms with Crippen molar-refractivity contribution in [3.8, 4) is 5.75 Å². The number of carbonyl (C=O) groups excluding carboxylic acids is 1. The lowest BCUT2D eigenvalue weighted by Crippen LogP contribution is -2.34. The van der Waals surface area contributed by atoms with E-state index in [-0.39, 0.29) is 23.9 Å². The average molecular weight is 267 g/mol. The SMILES string of the molecule is COc1ccc(CN(C)C2CC(C)OC2=O)cc1F. The third-order valence-corrected chi connectivity index (χ3v) is 3.32. The van der Waals surface area contributed by atoms with E-state index in [1.54, 1.807) is 12.1 Å². The van der Waals surface area contributed by atoms with Gasteiger partial charge in [0.25, 0.3) is 0 Å². The van der Waals surface area contributed by atoms with Crippen molar-refractivity contribution >= 4 is 5.97 Å². The number of methoxy groups -OCH3 is 1. The van der Waals surface area contributed by atoms with Crippen LogP contribution in [-0.4, -0.2) is 37.2 Å². The van der Waals surface area contributed by atoms with Crippen LogP contribution in [0.25, 0.3) is 0 Å². The number of ether oxygens (including phenoxy) is 2. The minimum Gasteiger partial charge on any atom is -0.494 e. The largest absolute Gasteiger partial charge is 0.494 e. The van der Waals surface area contributed by atoms with Gasteiger partial charge in [-0.15, -0.1) is 0 Å². The number of hydrogen-bond donors (Lipinski definition) is 0. The zero-order valence-electron chi connectivity index (χ0n) is 11.4. The summed E-state index contributed by atoms with van der Waals surface area (Å²) in [5.74, 6) is -0.375. The van der Waals surface area contributed by atoms with Crippen molar-refractivity contribution in [2.24, 2.45) is 0 Å². The Balaban J connectivity index is 2.04. The van der Waals surface area contributed by atoms with Crippen molar-refractivity contribution in [1.29, 1.82) is 0 Å². The van der Waals surface area contributed by atoms with Gasteiger partial charge in [-0.25, -0.2) is 4.39 Å². The molecule has 0 N–H and O–H groups in total. The first-order valence-electron chi connectivity index (χ1n) is 6.24. The predicted molar refractivity (Wildman–Crippen MR) is 68.4 cm³/mol. The highest BCUT2D eigenvalue weighted by molar-refractivity contribution is 5.77. The van der Waals surface area contributed by atoms with Crippen molar-refractivity contribution in [3.63, 3.8) is 0 Å². The summed E-state index contributed by atoms with van der Waals surface area (Å²) in [6.45, 7) is 2.37. The molecule has 2 atom stereocenters. The van der Waals surface area contributed by atoms with Crippen LogP contribution in [0, 0.1) is 5.82 Å². The van der Waals surface area contributed by atoms with E-state index in [9.17, 15) is 9.18 Å². The maximum absolute atomic E-state index is 13.6. The Morgan fingerprint density at radius 2 is 2.26 bits per heavy atom. The number of carbonyl (C=O) groups is 1. The van der Waals surface area contributed by atoms with Crippen LogP contribution in [0.15, 0.2) is 18.2 Å². The van der Waals surface area contributed by atoms with Gasteiger partial charge < -0.3 is 9.47 Å². The number of nitrogens with zero attached hydrogens (tertiary/aromatic N) is 1. The lowest BCUT2D eigenvalue weighted by Gasteiger charge is -2.21. The van der Waals surface area contributed by atoms with Crippen molar-refractivity contribution < 1.29 is 18.7 Å². The molecule has 5 heteroatoms. The summed E-state index contributed by atoms with van der Waals surface area (Å²) in [7, 11) is 3.27.